The number of carbonyl (C=O) groups excluding carboxylic acids is 1. The zero-order valence-corrected chi connectivity index (χ0v) is 12.9. The molecule has 0 atom stereocenters. The van der Waals surface area contributed by atoms with Crippen LogP contribution in [0.1, 0.15) is 5.56 Å². The lowest BCUT2D eigenvalue weighted by molar-refractivity contribution is -0.139. The highest BCUT2D eigenvalue weighted by Gasteiger charge is 2.20. The van der Waals surface area contributed by atoms with E-state index < -0.39 is 5.97 Å². The van der Waals surface area contributed by atoms with E-state index in [9.17, 15) is 15.0 Å². The number of esters is 1. The van der Waals surface area contributed by atoms with Crippen molar-refractivity contribution in [3.8, 4) is 22.6 Å². The molecule has 4 nitrogen and oxygen atoms in total. The third kappa shape index (κ3) is 2.87. The average Bonchev–Trinajstić information content (AvgIpc) is 2.45. The van der Waals surface area contributed by atoms with Crippen LogP contribution in [0.5, 0.6) is 11.5 Å². The van der Waals surface area contributed by atoms with Crippen LogP contribution in [0.2, 0.25) is 0 Å². The molecule has 0 saturated carbocycles. The van der Waals surface area contributed by atoms with Gasteiger partial charge in [0, 0.05) is 11.6 Å². The summed E-state index contributed by atoms with van der Waals surface area (Å²) in [6.45, 7) is 0. The second kappa shape index (κ2) is 6.13. The average molecular weight is 384 g/mol. The maximum Gasteiger partial charge on any atom is 0.310 e. The lowest BCUT2D eigenvalue weighted by atomic mass is 9.96. The number of rotatable bonds is 3. The number of hydrogen-bond donors (Lipinski definition) is 2. The zero-order valence-electron chi connectivity index (χ0n) is 10.8. The lowest BCUT2D eigenvalue weighted by Crippen LogP contribution is -2.07. The highest BCUT2D eigenvalue weighted by molar-refractivity contribution is 14.1. The summed E-state index contributed by atoms with van der Waals surface area (Å²) < 4.78 is 5.21. The molecule has 0 unspecified atom stereocenters. The second-order valence-electron chi connectivity index (χ2n) is 4.20. The van der Waals surface area contributed by atoms with Crippen LogP contribution in [0.15, 0.2) is 36.4 Å². The largest absolute Gasteiger partial charge is 0.507 e. The fourth-order valence-electron chi connectivity index (χ4n) is 1.99. The van der Waals surface area contributed by atoms with Gasteiger partial charge in [0.1, 0.15) is 11.5 Å². The highest BCUT2D eigenvalue weighted by Crippen LogP contribution is 2.40. The summed E-state index contributed by atoms with van der Waals surface area (Å²) in [7, 11) is 1.31. The van der Waals surface area contributed by atoms with E-state index in [0.29, 0.717) is 14.7 Å². The molecule has 0 bridgehead atoms. The third-order valence-electron chi connectivity index (χ3n) is 2.93. The first-order valence-electron chi connectivity index (χ1n) is 5.90. The van der Waals surface area contributed by atoms with E-state index in [1.165, 1.54) is 13.2 Å². The molecule has 0 fully saturated rings. The molecule has 0 spiro atoms. The molecule has 2 aromatic carbocycles. The number of ether oxygens (including phenoxy) is 1. The van der Waals surface area contributed by atoms with Gasteiger partial charge in [0.2, 0.25) is 0 Å². The summed E-state index contributed by atoms with van der Waals surface area (Å²) in [5.41, 5.74) is 1.88. The molecule has 0 aliphatic heterocycles. The van der Waals surface area contributed by atoms with Gasteiger partial charge in [-0.2, -0.15) is 0 Å². The van der Waals surface area contributed by atoms with Crippen LogP contribution in [0.25, 0.3) is 11.1 Å². The zero-order chi connectivity index (χ0) is 14.7. The number of phenolic OH excluding ortho intramolecular Hbond substituents is 2. The Kier molecular flexibility index (Phi) is 4.49. The van der Waals surface area contributed by atoms with E-state index in [4.69, 9.17) is 0 Å². The molecule has 20 heavy (non-hydrogen) atoms. The first-order valence-corrected chi connectivity index (χ1v) is 6.98. The number of carbonyl (C=O) groups is 1. The minimum Gasteiger partial charge on any atom is -0.507 e. The third-order valence-corrected chi connectivity index (χ3v) is 4.14. The van der Waals surface area contributed by atoms with E-state index in [0.717, 1.165) is 5.56 Å². The van der Waals surface area contributed by atoms with Gasteiger partial charge in [-0.3, -0.25) is 4.79 Å². The maximum absolute atomic E-state index is 11.6. The van der Waals surface area contributed by atoms with E-state index >= 15 is 0 Å². The second-order valence-corrected chi connectivity index (χ2v) is 5.28. The first-order chi connectivity index (χ1) is 9.54. The van der Waals surface area contributed by atoms with Gasteiger partial charge in [-0.05, 0) is 33.7 Å². The monoisotopic (exact) mass is 384 g/mol. The molecule has 5 heteroatoms. The van der Waals surface area contributed by atoms with Crippen LogP contribution < -0.4 is 0 Å². The standard InChI is InChI=1S/C15H13IO4/c1-20-13(19)7-10-14(9-5-3-2-4-6-9)11(17)8-12(18)15(10)16/h2-6,8,17-18H,7H2,1H3. The van der Waals surface area contributed by atoms with E-state index in [-0.39, 0.29) is 17.9 Å². The highest BCUT2D eigenvalue weighted by atomic mass is 127. The summed E-state index contributed by atoms with van der Waals surface area (Å²) in [5.74, 6) is -0.542. The van der Waals surface area contributed by atoms with Crippen molar-refractivity contribution in [2.75, 3.05) is 7.11 Å². The van der Waals surface area contributed by atoms with Crippen molar-refractivity contribution in [3.63, 3.8) is 0 Å². The molecule has 2 rings (SSSR count). The van der Waals surface area contributed by atoms with Gasteiger partial charge in [-0.15, -0.1) is 0 Å². The number of benzene rings is 2. The van der Waals surface area contributed by atoms with Crippen molar-refractivity contribution in [2.24, 2.45) is 0 Å². The molecule has 2 N–H and O–H groups in total. The van der Waals surface area contributed by atoms with Crippen molar-refractivity contribution < 1.29 is 19.7 Å². The lowest BCUT2D eigenvalue weighted by Gasteiger charge is -2.14. The molecule has 0 aliphatic carbocycles. The SMILES string of the molecule is COC(=O)Cc1c(I)c(O)cc(O)c1-c1ccccc1. The van der Waals surface area contributed by atoms with Gasteiger partial charge in [-0.1, -0.05) is 30.3 Å². The van der Waals surface area contributed by atoms with Crippen LogP contribution in [-0.4, -0.2) is 23.3 Å². The Hall–Kier alpha value is -1.76. The number of aromatic hydroxyl groups is 2. The minimum absolute atomic E-state index is 0.0129. The molecule has 0 amide bonds. The normalized spacial score (nSPS) is 10.3. The number of phenols is 2. The minimum atomic E-state index is -0.426. The van der Waals surface area contributed by atoms with E-state index in [1.807, 2.05) is 52.9 Å². The van der Waals surface area contributed by atoms with Gasteiger partial charge < -0.3 is 14.9 Å². The summed E-state index contributed by atoms with van der Waals surface area (Å²) in [5, 5.41) is 19.9. The van der Waals surface area contributed by atoms with Crippen molar-refractivity contribution in [1.82, 2.24) is 0 Å². The van der Waals surface area contributed by atoms with Crippen LogP contribution in [-0.2, 0) is 16.0 Å². The Balaban J connectivity index is 2.66. The van der Waals surface area contributed by atoms with Gasteiger partial charge in [0.15, 0.2) is 0 Å². The molecule has 2 aromatic rings. The predicted molar refractivity (Wildman–Crippen MR) is 83.6 cm³/mol. The van der Waals surface area contributed by atoms with Crippen molar-refractivity contribution in [2.45, 2.75) is 6.42 Å². The van der Waals surface area contributed by atoms with Crippen molar-refractivity contribution in [3.05, 3.63) is 45.5 Å². The molecular weight excluding hydrogens is 371 g/mol. The Bertz CT molecular complexity index is 638. The summed E-state index contributed by atoms with van der Waals surface area (Å²) >= 11 is 1.95. The Morgan fingerprint density at radius 2 is 1.85 bits per heavy atom. The molecule has 0 aromatic heterocycles. The van der Waals surface area contributed by atoms with Gasteiger partial charge in [0.05, 0.1) is 17.1 Å². The maximum atomic E-state index is 11.6. The molecule has 0 heterocycles. The van der Waals surface area contributed by atoms with Crippen molar-refractivity contribution in [1.29, 1.82) is 0 Å². The molecule has 0 saturated heterocycles. The fraction of sp³-hybridized carbons (Fsp3) is 0.133. The summed E-state index contributed by atoms with van der Waals surface area (Å²) in [6.07, 6.45) is -0.0129. The molecular formula is C15H13IO4. The summed E-state index contributed by atoms with van der Waals surface area (Å²) in [4.78, 5) is 11.6. The number of methoxy groups -OCH3 is 1. The van der Waals surface area contributed by atoms with Crippen LogP contribution in [0.4, 0.5) is 0 Å². The van der Waals surface area contributed by atoms with E-state index in [2.05, 4.69) is 4.74 Å². The van der Waals surface area contributed by atoms with Crippen LogP contribution >= 0.6 is 22.6 Å². The molecule has 0 radical (unpaired) electrons. The van der Waals surface area contributed by atoms with Gasteiger partial charge in [-0.25, -0.2) is 0 Å². The smallest absolute Gasteiger partial charge is 0.310 e. The fourth-order valence-corrected chi connectivity index (χ4v) is 2.61. The number of halogens is 1. The topological polar surface area (TPSA) is 66.8 Å². The first kappa shape index (κ1) is 14.6. The number of hydrogen-bond acceptors (Lipinski definition) is 4. The van der Waals surface area contributed by atoms with Crippen LogP contribution in [0.3, 0.4) is 0 Å². The quantitative estimate of drug-likeness (QED) is 0.631. The Labute approximate surface area is 130 Å². The van der Waals surface area contributed by atoms with E-state index in [1.54, 1.807) is 0 Å². The molecule has 104 valence electrons. The predicted octanol–water partition coefficient (Wildman–Crippen LogP) is 3.08. The Morgan fingerprint density at radius 1 is 1.20 bits per heavy atom. The van der Waals surface area contributed by atoms with Gasteiger partial charge >= 0.3 is 5.97 Å². The van der Waals surface area contributed by atoms with Crippen LogP contribution in [0, 0.1) is 3.57 Å². The van der Waals surface area contributed by atoms with Gasteiger partial charge in [0.25, 0.3) is 0 Å². The summed E-state index contributed by atoms with van der Waals surface area (Å²) in [6, 6.07) is 10.5. The Morgan fingerprint density at radius 3 is 2.45 bits per heavy atom. The van der Waals surface area contributed by atoms with Crippen molar-refractivity contribution >= 4 is 28.6 Å². The molecule has 0 aliphatic rings.